The van der Waals surface area contributed by atoms with Crippen molar-refractivity contribution in [2.45, 2.75) is 143 Å². The molecular weight excluding hydrogens is 1620 g/mol. The van der Waals surface area contributed by atoms with Gasteiger partial charge in [0.2, 0.25) is 21.8 Å². The number of hydrogen-bond donors (Lipinski definition) is 8. The molecular formula is C95H113F12N11O4S. The zero-order valence-corrected chi connectivity index (χ0v) is 71.0. The Morgan fingerprint density at radius 2 is 0.691 bits per heavy atom. The molecule has 4 saturated carbocycles. The summed E-state index contributed by atoms with van der Waals surface area (Å²) in [6.07, 6.45) is -9.09. The summed E-state index contributed by atoms with van der Waals surface area (Å²) in [5, 5.41) is 20.0. The van der Waals surface area contributed by atoms with Gasteiger partial charge in [-0.15, -0.1) is 0 Å². The number of nitrogens with one attached hydrogen (secondary N) is 7. The number of halogens is 12. The van der Waals surface area contributed by atoms with Crippen LogP contribution in [0.25, 0.3) is 0 Å². The fourth-order valence-electron chi connectivity index (χ4n) is 20.5. The van der Waals surface area contributed by atoms with E-state index in [9.17, 15) is 70.7 Å². The summed E-state index contributed by atoms with van der Waals surface area (Å²) in [5.41, 5.74) is 14.2. The van der Waals surface area contributed by atoms with Crippen LogP contribution in [0.3, 0.4) is 0 Å². The summed E-state index contributed by atoms with van der Waals surface area (Å²) >= 11 is 0. The Morgan fingerprint density at radius 1 is 0.382 bits per heavy atom. The summed E-state index contributed by atoms with van der Waals surface area (Å²) in [6, 6.07) is 56.6. The number of carbonyl (C=O) groups is 2. The molecule has 0 radical (unpaired) electrons. The van der Waals surface area contributed by atoms with Crippen molar-refractivity contribution >= 4 is 44.6 Å². The van der Waals surface area contributed by atoms with Gasteiger partial charge in [-0.05, 0) is 301 Å². The van der Waals surface area contributed by atoms with Gasteiger partial charge in [-0.1, -0.05) is 121 Å². The Hall–Kier alpha value is -9.19. The molecule has 16 atom stereocenters. The van der Waals surface area contributed by atoms with E-state index in [2.05, 4.69) is 73.0 Å². The van der Waals surface area contributed by atoms with Crippen molar-refractivity contribution in [3.63, 3.8) is 0 Å². The number of rotatable bonds is 22. The second kappa shape index (κ2) is 39.1. The fourth-order valence-corrected chi connectivity index (χ4v) is 21.7. The minimum atomic E-state index is -4.40. The number of sulfonamides is 1. The highest BCUT2D eigenvalue weighted by atomic mass is 32.2. The Balaban J connectivity index is 0.000000142. The van der Waals surface area contributed by atoms with E-state index in [0.29, 0.717) is 75.9 Å². The first-order valence-corrected chi connectivity index (χ1v) is 44.4. The molecule has 8 aliphatic rings. The normalized spacial score (nSPS) is 25.3. The van der Waals surface area contributed by atoms with Crippen molar-refractivity contribution in [2.24, 2.45) is 53.1 Å². The van der Waals surface area contributed by atoms with Gasteiger partial charge in [0.1, 0.15) is 0 Å². The van der Waals surface area contributed by atoms with Gasteiger partial charge in [0.05, 0.1) is 58.7 Å². The molecule has 4 aliphatic heterocycles. The van der Waals surface area contributed by atoms with Crippen LogP contribution < -0.4 is 42.4 Å². The number of likely N-dealkylation sites (N-methyl/N-ethyl adjacent to an activating group) is 3. The molecule has 8 aromatic carbocycles. The van der Waals surface area contributed by atoms with Gasteiger partial charge < -0.3 is 52.3 Å². The molecule has 8 aromatic rings. The van der Waals surface area contributed by atoms with Gasteiger partial charge in [-0.3, -0.25) is 9.59 Å². The minimum absolute atomic E-state index is 0.0183. The van der Waals surface area contributed by atoms with Gasteiger partial charge >= 0.3 is 24.7 Å². The van der Waals surface area contributed by atoms with Crippen molar-refractivity contribution in [3.05, 3.63) is 261 Å². The number of fused-ring (bicyclic) bond motifs is 12. The molecule has 123 heavy (non-hydrogen) atoms. The van der Waals surface area contributed by atoms with Gasteiger partial charge in [-0.25, -0.2) is 13.1 Å². The molecule has 9 N–H and O–H groups in total. The molecule has 0 saturated heterocycles. The lowest BCUT2D eigenvalue weighted by molar-refractivity contribution is -0.138. The highest BCUT2D eigenvalue weighted by Gasteiger charge is 2.50. The Labute approximate surface area is 713 Å². The summed E-state index contributed by atoms with van der Waals surface area (Å²) in [7, 11) is 7.99. The van der Waals surface area contributed by atoms with E-state index in [1.807, 2.05) is 142 Å². The third-order valence-electron chi connectivity index (χ3n) is 26.3. The van der Waals surface area contributed by atoms with Gasteiger partial charge in [0.15, 0.2) is 0 Å². The first-order valence-electron chi connectivity index (χ1n) is 42.7. The molecule has 0 aromatic heterocycles. The van der Waals surface area contributed by atoms with Crippen LogP contribution in [0, 0.1) is 47.3 Å². The Bertz CT molecular complexity index is 4970. The van der Waals surface area contributed by atoms with Gasteiger partial charge in [0.25, 0.3) is 0 Å². The zero-order valence-electron chi connectivity index (χ0n) is 70.1. The van der Waals surface area contributed by atoms with Crippen LogP contribution in [0.5, 0.6) is 0 Å². The second-order valence-electron chi connectivity index (χ2n) is 35.5. The maximum Gasteiger partial charge on any atom is 0.416 e. The van der Waals surface area contributed by atoms with E-state index in [1.165, 1.54) is 48.0 Å². The summed E-state index contributed by atoms with van der Waals surface area (Å²) in [6.45, 7) is 3.86. The average molecular weight is 1730 g/mol. The van der Waals surface area contributed by atoms with Crippen LogP contribution >= 0.6 is 0 Å². The lowest BCUT2D eigenvalue weighted by Gasteiger charge is -2.38. The maximum absolute atomic E-state index is 13.4. The van der Waals surface area contributed by atoms with E-state index in [4.69, 9.17) is 5.73 Å². The molecule has 0 spiro atoms. The number of alkyl halides is 12. The average Bonchev–Trinajstić information content (AvgIpc) is 1.70. The topological polar surface area (TPSA) is 188 Å². The lowest BCUT2D eigenvalue weighted by atomic mass is 9.77. The van der Waals surface area contributed by atoms with Crippen LogP contribution in [0.15, 0.2) is 194 Å². The fraction of sp³-hybridized carbons (Fsp3) is 0.474. The Morgan fingerprint density at radius 3 is 1.02 bits per heavy atom. The van der Waals surface area contributed by atoms with E-state index >= 15 is 0 Å². The number of benzene rings is 8. The number of hydrogen-bond acceptors (Lipinski definition) is 12. The summed E-state index contributed by atoms with van der Waals surface area (Å²) in [5.74, 6) is 2.00. The zero-order chi connectivity index (χ0) is 87.9. The largest absolute Gasteiger partial charge is 0.416 e. The molecule has 2 amide bonds. The monoisotopic (exact) mass is 1730 g/mol. The summed E-state index contributed by atoms with van der Waals surface area (Å²) < 4.78 is 188. The highest BCUT2D eigenvalue weighted by molar-refractivity contribution is 7.89. The standard InChI is InChI=1S/C26H32F3N3O.C25H32F3N3O2S.C24H28F3N3O.C20H21F3N2/c1-32(2)13-12-30-24(33)11-8-17-14-20-21-16-19(26(27,28)29)9-10-23(21)31-25(22(20)15-17)18-6-4-3-5-7-18;1-31(2)12-11-29-34(32,33)13-10-17-14-20-21-16-19(25(26,27)28)8-9-23(21)30-24(22(20)15-17)18-6-4-3-5-7-18;1-30(2)14-22(31)28-13-15-10-18-19-12-17(24(25,26)27)8-9-21(19)29-23(20(18)11-15)16-6-4-3-5-7-16;21-20(22,23)14-6-7-18-16(10-14)15-8-12(11-24)9-17(15)19(25-18)13-4-2-1-3-5-13/h3-7,9-10,16-17,20,22,25,31H,8,11-15H2,1-2H3,(H,30,33);3-9,16-17,20,22,24,29-30H,10-15H2,1-2H3;3-9,12,15,18,20,23,29H,10-11,13-14H2,1-2H3,(H,28,31);1-7,10,12,15,17,19,25H,8-9,11,24H2/t17-,20+,22+,25-;17-,20+,22+,24-;15-,18+,20+,23-;12-,15+,17+,19-/m0000/s1. The van der Waals surface area contributed by atoms with Gasteiger partial charge in [-0.2, -0.15) is 52.7 Å². The van der Waals surface area contributed by atoms with Crippen molar-refractivity contribution in [1.29, 1.82) is 0 Å². The number of nitrogens with two attached hydrogens (primary N) is 1. The molecule has 15 nitrogen and oxygen atoms in total. The third-order valence-corrected chi connectivity index (χ3v) is 27.7. The lowest BCUT2D eigenvalue weighted by Crippen LogP contribution is -2.35. The van der Waals surface area contributed by atoms with Crippen molar-refractivity contribution in [1.82, 2.24) is 30.1 Å². The van der Waals surface area contributed by atoms with Crippen LogP contribution in [-0.4, -0.2) is 129 Å². The van der Waals surface area contributed by atoms with Crippen LogP contribution in [0.2, 0.25) is 0 Å². The van der Waals surface area contributed by atoms with E-state index in [0.717, 1.165) is 126 Å². The van der Waals surface area contributed by atoms with Crippen molar-refractivity contribution in [2.75, 3.05) is 115 Å². The van der Waals surface area contributed by atoms with Crippen LogP contribution in [-0.2, 0) is 44.3 Å². The first-order chi connectivity index (χ1) is 58.4. The molecule has 4 aliphatic carbocycles. The van der Waals surface area contributed by atoms with Crippen LogP contribution in [0.1, 0.15) is 185 Å². The van der Waals surface area contributed by atoms with E-state index in [1.54, 1.807) is 18.2 Å². The maximum atomic E-state index is 13.4. The molecule has 662 valence electrons. The number of amides is 2. The SMILES string of the molecule is CN(C)CC(=O)NC[C@@H]1C[C@@H]2[C@H](C1)c1cc(C(F)(F)F)ccc1N[C@H]2c1ccccc1.CN(C)CCNC(=O)CC[C@@H]1C[C@@H]2[C@H](C1)c1cc(C(F)(F)F)ccc1N[C@H]2c1ccccc1.CN(C)CCNS(=O)(=O)CC[C@@H]1C[C@@H]2[C@H](C1)c1cc(C(F)(F)F)ccc1N[C@H]2c1ccccc1.NC[C@@H]1C[C@@H]2[C@H](C1)c1cc(C(F)(F)F)ccc1N[C@H]2c1ccccc1. The molecule has 4 fully saturated rings. The van der Waals surface area contributed by atoms with Crippen molar-refractivity contribution < 1.29 is 70.7 Å². The summed E-state index contributed by atoms with van der Waals surface area (Å²) in [4.78, 5) is 30.1. The predicted molar refractivity (Wildman–Crippen MR) is 459 cm³/mol. The quantitative estimate of drug-likeness (QED) is 0.0301. The van der Waals surface area contributed by atoms with Crippen LogP contribution in [0.4, 0.5) is 75.4 Å². The molecule has 28 heteroatoms. The van der Waals surface area contributed by atoms with E-state index in [-0.39, 0.29) is 101 Å². The number of nitrogens with zero attached hydrogens (tertiary/aromatic N) is 3. The number of carbonyl (C=O) groups excluding carboxylic acids is 2. The molecule has 4 heterocycles. The number of anilines is 4. The predicted octanol–water partition coefficient (Wildman–Crippen LogP) is 19.9. The molecule has 0 bridgehead atoms. The van der Waals surface area contributed by atoms with Gasteiger partial charge in [0, 0.05) is 61.9 Å². The van der Waals surface area contributed by atoms with E-state index < -0.39 is 57.0 Å². The smallest absolute Gasteiger partial charge is 0.378 e. The first kappa shape index (κ1) is 91.5. The third kappa shape index (κ3) is 22.9. The van der Waals surface area contributed by atoms with Crippen molar-refractivity contribution in [3.8, 4) is 0 Å². The molecule has 16 rings (SSSR count). The highest BCUT2D eigenvalue weighted by Crippen LogP contribution is 2.61. The second-order valence-corrected chi connectivity index (χ2v) is 37.5. The minimum Gasteiger partial charge on any atom is -0.378 e. The molecule has 0 unspecified atom stereocenters. The Kier molecular flexibility index (Phi) is 29.1.